The van der Waals surface area contributed by atoms with Crippen LogP contribution in [-0.2, 0) is 15.0 Å². The van der Waals surface area contributed by atoms with Crippen LogP contribution in [0.1, 0.15) is 6.92 Å². The number of nitrogens with one attached hydrogen (secondary N) is 1. The highest BCUT2D eigenvalue weighted by Gasteiger charge is 2.33. The summed E-state index contributed by atoms with van der Waals surface area (Å²) in [7, 11) is -3.35. The van der Waals surface area contributed by atoms with Crippen LogP contribution in [0.3, 0.4) is 0 Å². The molecule has 0 bridgehead atoms. The smallest absolute Gasteiger partial charge is 0.282 e. The minimum Gasteiger partial charge on any atom is -0.340 e. The Morgan fingerprint density at radius 3 is 1.94 bits per heavy atom. The summed E-state index contributed by atoms with van der Waals surface area (Å²) in [6, 6.07) is 0. The molecule has 0 saturated carbocycles. The summed E-state index contributed by atoms with van der Waals surface area (Å²) in [5.74, 6) is 0.00854. The van der Waals surface area contributed by atoms with E-state index in [1.54, 1.807) is 4.90 Å². The molecule has 7 nitrogen and oxygen atoms in total. The van der Waals surface area contributed by atoms with Crippen LogP contribution in [-0.4, -0.2) is 80.2 Å². The van der Waals surface area contributed by atoms with Crippen molar-refractivity contribution in [1.82, 2.24) is 18.8 Å². The molecule has 2 rings (SSSR count). The highest BCUT2D eigenvalue weighted by atomic mass is 32.2. The summed E-state index contributed by atoms with van der Waals surface area (Å²) in [5.41, 5.74) is 0. The summed E-state index contributed by atoms with van der Waals surface area (Å²) in [5, 5.41) is 3.13. The topological polar surface area (TPSA) is 73.0 Å². The number of rotatable bonds is 2. The second-order valence-electron chi connectivity index (χ2n) is 4.56. The Kier molecular flexibility index (Phi) is 4.21. The number of piperazine rings is 2. The average molecular weight is 276 g/mol. The quantitative estimate of drug-likeness (QED) is 0.652. The lowest BCUT2D eigenvalue weighted by atomic mass is 10.3. The molecule has 2 aliphatic heterocycles. The van der Waals surface area contributed by atoms with Gasteiger partial charge < -0.3 is 10.2 Å². The molecule has 0 aromatic rings. The molecule has 0 aromatic carbocycles. The molecule has 8 heteroatoms. The Morgan fingerprint density at radius 1 is 0.944 bits per heavy atom. The van der Waals surface area contributed by atoms with Crippen LogP contribution in [0.15, 0.2) is 0 Å². The van der Waals surface area contributed by atoms with Gasteiger partial charge in [0.1, 0.15) is 0 Å². The van der Waals surface area contributed by atoms with Gasteiger partial charge in [0.05, 0.1) is 0 Å². The zero-order valence-electron chi connectivity index (χ0n) is 10.6. The van der Waals surface area contributed by atoms with Crippen LogP contribution in [0.2, 0.25) is 0 Å². The first kappa shape index (κ1) is 13.7. The number of carbonyl (C=O) groups excluding carboxylic acids is 1. The van der Waals surface area contributed by atoms with Gasteiger partial charge in [-0.3, -0.25) is 4.79 Å². The lowest BCUT2D eigenvalue weighted by molar-refractivity contribution is -0.130. The molecule has 0 radical (unpaired) electrons. The minimum atomic E-state index is -3.35. The zero-order valence-corrected chi connectivity index (χ0v) is 11.4. The lowest BCUT2D eigenvalue weighted by Crippen LogP contribution is -2.56. The molecule has 104 valence electrons. The van der Waals surface area contributed by atoms with Crippen molar-refractivity contribution in [2.45, 2.75) is 6.92 Å². The van der Waals surface area contributed by atoms with E-state index < -0.39 is 10.2 Å². The third kappa shape index (κ3) is 2.82. The first-order valence-electron chi connectivity index (χ1n) is 6.23. The molecule has 2 fully saturated rings. The van der Waals surface area contributed by atoms with Crippen LogP contribution in [0, 0.1) is 0 Å². The van der Waals surface area contributed by atoms with E-state index in [2.05, 4.69) is 5.32 Å². The van der Waals surface area contributed by atoms with Crippen molar-refractivity contribution in [3.8, 4) is 0 Å². The standard InChI is InChI=1S/C10H20N4O3S/c1-10(15)12-6-8-14(9-7-12)18(16,17)13-4-2-11-3-5-13/h11H,2-9H2,1H3. The van der Waals surface area contributed by atoms with Gasteiger partial charge in [-0.15, -0.1) is 0 Å². The fourth-order valence-electron chi connectivity index (χ4n) is 2.27. The van der Waals surface area contributed by atoms with Gasteiger partial charge in [0.2, 0.25) is 5.91 Å². The summed E-state index contributed by atoms with van der Waals surface area (Å²) in [6.07, 6.45) is 0. The fourth-order valence-corrected chi connectivity index (χ4v) is 3.87. The van der Waals surface area contributed by atoms with Crippen LogP contribution in [0.25, 0.3) is 0 Å². The predicted octanol–water partition coefficient (Wildman–Crippen LogP) is -1.70. The van der Waals surface area contributed by atoms with Crippen molar-refractivity contribution in [3.05, 3.63) is 0 Å². The van der Waals surface area contributed by atoms with Crippen molar-refractivity contribution < 1.29 is 13.2 Å². The van der Waals surface area contributed by atoms with Crippen LogP contribution >= 0.6 is 0 Å². The van der Waals surface area contributed by atoms with E-state index in [0.717, 1.165) is 0 Å². The largest absolute Gasteiger partial charge is 0.340 e. The Balaban J connectivity index is 1.97. The minimum absolute atomic E-state index is 0.00854. The van der Waals surface area contributed by atoms with Crippen molar-refractivity contribution >= 4 is 16.1 Å². The van der Waals surface area contributed by atoms with Gasteiger partial charge in [0, 0.05) is 59.3 Å². The van der Waals surface area contributed by atoms with Crippen LogP contribution < -0.4 is 5.32 Å². The van der Waals surface area contributed by atoms with E-state index in [9.17, 15) is 13.2 Å². The summed E-state index contributed by atoms with van der Waals surface area (Å²) in [6.45, 7) is 5.73. The Bertz CT molecular complexity index is 397. The molecule has 0 aromatic heterocycles. The number of carbonyl (C=O) groups is 1. The van der Waals surface area contributed by atoms with Gasteiger partial charge in [0.15, 0.2) is 0 Å². The molecule has 2 heterocycles. The number of hydrogen-bond acceptors (Lipinski definition) is 4. The maximum atomic E-state index is 12.3. The molecule has 0 aliphatic carbocycles. The maximum Gasteiger partial charge on any atom is 0.282 e. The van der Waals surface area contributed by atoms with E-state index in [4.69, 9.17) is 0 Å². The van der Waals surface area contributed by atoms with E-state index in [0.29, 0.717) is 52.4 Å². The third-order valence-corrected chi connectivity index (χ3v) is 5.45. The molecular formula is C10H20N4O3S. The number of hydrogen-bond donors (Lipinski definition) is 1. The van der Waals surface area contributed by atoms with Gasteiger partial charge >= 0.3 is 0 Å². The fraction of sp³-hybridized carbons (Fsp3) is 0.900. The van der Waals surface area contributed by atoms with Crippen molar-refractivity contribution in [2.75, 3.05) is 52.4 Å². The van der Waals surface area contributed by atoms with Crippen molar-refractivity contribution in [2.24, 2.45) is 0 Å². The first-order chi connectivity index (χ1) is 8.51. The average Bonchev–Trinajstić information content (AvgIpc) is 2.40. The molecular weight excluding hydrogens is 256 g/mol. The monoisotopic (exact) mass is 276 g/mol. The highest BCUT2D eigenvalue weighted by molar-refractivity contribution is 7.86. The van der Waals surface area contributed by atoms with Crippen molar-refractivity contribution in [3.63, 3.8) is 0 Å². The molecule has 1 amide bonds. The summed E-state index contributed by atoms with van der Waals surface area (Å²) < 4.78 is 27.7. The van der Waals surface area contributed by atoms with Crippen LogP contribution in [0.4, 0.5) is 0 Å². The van der Waals surface area contributed by atoms with Gasteiger partial charge in [-0.25, -0.2) is 0 Å². The lowest BCUT2D eigenvalue weighted by Gasteiger charge is -2.37. The van der Waals surface area contributed by atoms with E-state index in [1.165, 1.54) is 15.5 Å². The van der Waals surface area contributed by atoms with Gasteiger partial charge in [-0.1, -0.05) is 0 Å². The summed E-state index contributed by atoms with van der Waals surface area (Å²) in [4.78, 5) is 12.9. The molecule has 0 unspecified atom stereocenters. The molecule has 0 spiro atoms. The van der Waals surface area contributed by atoms with Gasteiger partial charge in [0.25, 0.3) is 10.2 Å². The number of nitrogens with zero attached hydrogens (tertiary/aromatic N) is 3. The Labute approximate surface area is 108 Å². The normalized spacial score (nSPS) is 24.2. The Hall–Kier alpha value is -0.700. The van der Waals surface area contributed by atoms with E-state index in [-0.39, 0.29) is 5.91 Å². The van der Waals surface area contributed by atoms with E-state index in [1.807, 2.05) is 0 Å². The molecule has 1 N–H and O–H groups in total. The van der Waals surface area contributed by atoms with Crippen LogP contribution in [0.5, 0.6) is 0 Å². The highest BCUT2D eigenvalue weighted by Crippen LogP contribution is 2.12. The molecule has 18 heavy (non-hydrogen) atoms. The summed E-state index contributed by atoms with van der Waals surface area (Å²) >= 11 is 0. The van der Waals surface area contributed by atoms with Gasteiger partial charge in [-0.2, -0.15) is 17.0 Å². The van der Waals surface area contributed by atoms with E-state index >= 15 is 0 Å². The molecule has 2 saturated heterocycles. The predicted molar refractivity (Wildman–Crippen MR) is 67.2 cm³/mol. The zero-order chi connectivity index (χ0) is 13.2. The maximum absolute atomic E-state index is 12.3. The Morgan fingerprint density at radius 2 is 1.44 bits per heavy atom. The van der Waals surface area contributed by atoms with Gasteiger partial charge in [-0.05, 0) is 0 Å². The number of amides is 1. The first-order valence-corrected chi connectivity index (χ1v) is 7.63. The second kappa shape index (κ2) is 5.52. The SMILES string of the molecule is CC(=O)N1CCN(S(=O)(=O)N2CCNCC2)CC1. The second-order valence-corrected chi connectivity index (χ2v) is 6.49. The third-order valence-electron chi connectivity index (χ3n) is 3.41. The molecule has 2 aliphatic rings. The van der Waals surface area contributed by atoms with Crippen molar-refractivity contribution in [1.29, 1.82) is 0 Å². The molecule has 0 atom stereocenters.